The van der Waals surface area contributed by atoms with E-state index in [4.69, 9.17) is 28.4 Å². The van der Waals surface area contributed by atoms with Crippen molar-refractivity contribution < 1.29 is 28.4 Å². The van der Waals surface area contributed by atoms with Crippen molar-refractivity contribution in [3.63, 3.8) is 0 Å². The van der Waals surface area contributed by atoms with Crippen LogP contribution >= 0.6 is 0 Å². The zero-order chi connectivity index (χ0) is 70.4. The molecule has 0 N–H and O–H groups in total. The van der Waals surface area contributed by atoms with Crippen molar-refractivity contribution >= 4 is 0 Å². The Labute approximate surface area is 553 Å². The zero-order valence-electron chi connectivity index (χ0n) is 56.6. The Bertz CT molecular complexity index is 3750. The van der Waals surface area contributed by atoms with Crippen LogP contribution in [0.2, 0.25) is 0 Å². The van der Waals surface area contributed by atoms with Crippen molar-refractivity contribution in [3.05, 3.63) is 200 Å². The SMILES string of the molecule is C=C(C)CCCn1c(=O)n(CCCC(=C)C)c(=O)n(CCCC(=C)C)c1=O.C=CCn1c(=O)n(CC=C)c(=O)n(CC=C)c1=O.CC1(CCCn2c(=O)n(CCCC3(C)CO3)c(=O)n(CCCC3(C)CO3)c2=O)CO1.O=c1n(CC2CO2)c(=O)n(CC2CO2)c(=O)n1CC1CO1. The lowest BCUT2D eigenvalue weighted by molar-refractivity contribution is 0.288. The Balaban J connectivity index is 0.000000184. The molecule has 6 unspecified atom stereocenters. The molecular weight excluding hydrogens is 1250 g/mol. The number of rotatable bonds is 36. The molecule has 0 aliphatic carbocycles. The molecule has 30 heteroatoms. The van der Waals surface area contributed by atoms with Crippen LogP contribution in [-0.2, 0) is 107 Å². The molecule has 6 fully saturated rings. The van der Waals surface area contributed by atoms with E-state index in [1.807, 2.05) is 41.5 Å². The van der Waals surface area contributed by atoms with Gasteiger partial charge in [-0.25, -0.2) is 112 Å². The first-order chi connectivity index (χ1) is 45.5. The normalized spacial score (nSPS) is 21.2. The van der Waals surface area contributed by atoms with Gasteiger partial charge < -0.3 is 28.4 Å². The number of epoxide rings is 6. The van der Waals surface area contributed by atoms with Crippen LogP contribution in [0.3, 0.4) is 0 Å². The summed E-state index contributed by atoms with van der Waals surface area (Å²) in [5.74, 6) is 0. The van der Waals surface area contributed by atoms with Gasteiger partial charge in [0.05, 0.1) is 114 Å². The Morgan fingerprint density at radius 1 is 0.344 bits per heavy atom. The highest BCUT2D eigenvalue weighted by Gasteiger charge is 2.40. The maximum atomic E-state index is 13.0. The van der Waals surface area contributed by atoms with Crippen molar-refractivity contribution in [2.24, 2.45) is 0 Å². The smallest absolute Gasteiger partial charge is 0.336 e. The third-order valence-corrected chi connectivity index (χ3v) is 17.0. The predicted octanol–water partition coefficient (Wildman–Crippen LogP) is 1.22. The molecule has 6 saturated heterocycles. The van der Waals surface area contributed by atoms with Gasteiger partial charge in [0.15, 0.2) is 0 Å². The van der Waals surface area contributed by atoms with E-state index in [0.717, 1.165) is 82.6 Å². The topological polar surface area (TPSA) is 339 Å². The van der Waals surface area contributed by atoms with Crippen molar-refractivity contribution in [2.75, 3.05) is 39.6 Å². The number of hydrogen-bond donors (Lipinski definition) is 0. The molecule has 6 atom stereocenters. The predicted molar refractivity (Wildman–Crippen MR) is 360 cm³/mol. The van der Waals surface area contributed by atoms with Gasteiger partial charge in [0.2, 0.25) is 0 Å². The number of hydrogen-bond acceptors (Lipinski definition) is 18. The van der Waals surface area contributed by atoms with Crippen molar-refractivity contribution in [2.45, 2.75) is 232 Å². The molecule has 0 bridgehead atoms. The monoisotopic (exact) mass is 1340 g/mol. The van der Waals surface area contributed by atoms with E-state index >= 15 is 0 Å². The second kappa shape index (κ2) is 33.2. The number of ether oxygens (including phenoxy) is 6. The summed E-state index contributed by atoms with van der Waals surface area (Å²) < 4.78 is 44.7. The highest BCUT2D eigenvalue weighted by atomic mass is 16.6. The summed E-state index contributed by atoms with van der Waals surface area (Å²) in [4.78, 5) is 150. The molecule has 4 aromatic rings. The van der Waals surface area contributed by atoms with Crippen LogP contribution in [0.4, 0.5) is 0 Å². The molecule has 10 rings (SSSR count). The van der Waals surface area contributed by atoms with Gasteiger partial charge in [0, 0.05) is 39.3 Å². The van der Waals surface area contributed by atoms with Crippen LogP contribution < -0.4 is 68.3 Å². The minimum atomic E-state index is -0.662. The second-order valence-corrected chi connectivity index (χ2v) is 26.4. The van der Waals surface area contributed by atoms with E-state index in [-0.39, 0.29) is 94.0 Å². The fourth-order valence-electron chi connectivity index (χ4n) is 10.6. The molecule has 6 aliphatic rings. The van der Waals surface area contributed by atoms with Crippen LogP contribution in [0, 0.1) is 0 Å². The van der Waals surface area contributed by atoms with Crippen LogP contribution in [0.25, 0.3) is 0 Å². The Morgan fingerprint density at radius 3 is 0.688 bits per heavy atom. The Kier molecular flexibility index (Phi) is 26.0. The van der Waals surface area contributed by atoms with Gasteiger partial charge in [-0.3, -0.25) is 0 Å². The quantitative estimate of drug-likeness (QED) is 0.0456. The minimum Gasteiger partial charge on any atom is -0.371 e. The largest absolute Gasteiger partial charge is 0.371 e. The van der Waals surface area contributed by atoms with Crippen LogP contribution in [0.1, 0.15) is 119 Å². The van der Waals surface area contributed by atoms with Gasteiger partial charge >= 0.3 is 68.3 Å². The summed E-state index contributed by atoms with van der Waals surface area (Å²) >= 11 is 0. The molecule has 0 amide bonds. The lowest BCUT2D eigenvalue weighted by Gasteiger charge is -2.15. The molecule has 4 aromatic heterocycles. The van der Waals surface area contributed by atoms with Gasteiger partial charge in [-0.15, -0.1) is 39.5 Å². The summed E-state index contributed by atoms with van der Waals surface area (Å²) in [6, 6.07) is 0. The standard InChI is InChI=1S/C21H33N3O6.C21H33N3O3.C12H15N3O6.C12H15N3O3/c1-19(13-28-19)7-4-10-22-16(25)23(11-5-8-20(2)14-29-20)18(27)24(17(22)26)12-6-9-21(3)15-30-21;1-16(2)10-7-13-22-19(25)23(14-8-11-17(3)4)21(27)24(20(22)26)15-9-12-18(5)6;16-10-13(1-7-4-19-7)11(17)15(3-9-6-21-9)12(18)14(10)2-8-5-20-8;1-4-7-13-10(16)14(8-5-2)12(18)15(9-6-3)11(13)17/h4-15H2,1-3H3;1,3,5,7-15H2,2,4,6H3;7-9H,1-6H2;4-6H,1-3,7-9H2. The number of nitrogens with zero attached hydrogens (tertiary/aromatic N) is 12. The minimum absolute atomic E-state index is 0.0478. The summed E-state index contributed by atoms with van der Waals surface area (Å²) in [6.45, 7) is 39.9. The Morgan fingerprint density at radius 2 is 0.521 bits per heavy atom. The molecular formula is C66H96N12O18. The molecule has 10 heterocycles. The van der Waals surface area contributed by atoms with Crippen molar-refractivity contribution in [1.29, 1.82) is 0 Å². The summed E-state index contributed by atoms with van der Waals surface area (Å²) in [6.07, 6.45) is 12.3. The molecule has 0 spiro atoms. The zero-order valence-corrected chi connectivity index (χ0v) is 56.6. The second-order valence-electron chi connectivity index (χ2n) is 26.4. The Hall–Kier alpha value is -8.16. The van der Waals surface area contributed by atoms with E-state index in [0.29, 0.717) is 97.8 Å². The molecule has 30 nitrogen and oxygen atoms in total. The lowest BCUT2D eigenvalue weighted by atomic mass is 10.1. The molecule has 0 saturated carbocycles. The van der Waals surface area contributed by atoms with Crippen molar-refractivity contribution in [1.82, 2.24) is 54.8 Å². The molecule has 0 aromatic carbocycles. The summed E-state index contributed by atoms with van der Waals surface area (Å²) in [5, 5.41) is 0. The third-order valence-electron chi connectivity index (χ3n) is 17.0. The van der Waals surface area contributed by atoms with E-state index in [9.17, 15) is 57.5 Å². The number of aromatic nitrogens is 12. The first-order valence-electron chi connectivity index (χ1n) is 32.8. The fourth-order valence-corrected chi connectivity index (χ4v) is 10.6. The highest BCUT2D eigenvalue weighted by Crippen LogP contribution is 2.32. The average Bonchev–Trinajstić information content (AvgIpc) is 1.44. The van der Waals surface area contributed by atoms with E-state index in [2.05, 4.69) is 39.5 Å². The van der Waals surface area contributed by atoms with Gasteiger partial charge in [-0.1, -0.05) is 34.9 Å². The van der Waals surface area contributed by atoms with Gasteiger partial charge in [-0.2, -0.15) is 0 Å². The molecule has 96 heavy (non-hydrogen) atoms. The van der Waals surface area contributed by atoms with Crippen LogP contribution in [0.5, 0.6) is 0 Å². The lowest BCUT2D eigenvalue weighted by Crippen LogP contribution is -2.55. The van der Waals surface area contributed by atoms with Crippen LogP contribution in [0.15, 0.2) is 132 Å². The summed E-state index contributed by atoms with van der Waals surface area (Å²) in [5.41, 5.74) is -4.26. The van der Waals surface area contributed by atoms with Gasteiger partial charge in [0.1, 0.15) is 0 Å². The van der Waals surface area contributed by atoms with Gasteiger partial charge in [-0.05, 0) is 119 Å². The fraction of sp³-hybridized carbons (Fsp3) is 0.636. The molecule has 528 valence electrons. The first kappa shape index (κ1) is 75.2. The van der Waals surface area contributed by atoms with Gasteiger partial charge in [0.25, 0.3) is 0 Å². The highest BCUT2D eigenvalue weighted by molar-refractivity contribution is 4.94. The summed E-state index contributed by atoms with van der Waals surface area (Å²) in [7, 11) is 0. The van der Waals surface area contributed by atoms with E-state index < -0.39 is 68.3 Å². The molecule has 6 aliphatic heterocycles. The number of allylic oxidation sites excluding steroid dienone is 6. The van der Waals surface area contributed by atoms with Crippen molar-refractivity contribution in [3.8, 4) is 0 Å². The van der Waals surface area contributed by atoms with E-state index in [1.54, 1.807) is 0 Å². The first-order valence-corrected chi connectivity index (χ1v) is 32.8. The third kappa shape index (κ3) is 20.9. The molecule has 0 radical (unpaired) electrons. The van der Waals surface area contributed by atoms with Crippen LogP contribution in [-0.4, -0.2) is 130 Å². The maximum absolute atomic E-state index is 13.0. The average molecular weight is 1350 g/mol. The maximum Gasteiger partial charge on any atom is 0.336 e. The van der Waals surface area contributed by atoms with E-state index in [1.165, 1.54) is 45.6 Å².